The lowest BCUT2D eigenvalue weighted by Crippen LogP contribution is -2.41. The summed E-state index contributed by atoms with van der Waals surface area (Å²) in [5.74, 6) is 0. The number of unbranched alkanes of at least 4 members (excludes halogenated alkanes) is 9. The first-order valence-electron chi connectivity index (χ1n) is 9.99. The minimum atomic E-state index is -0.358. The van der Waals surface area contributed by atoms with Gasteiger partial charge in [0.1, 0.15) is 0 Å². The minimum Gasteiger partial charge on any atom is -0.351 e. The van der Waals surface area contributed by atoms with Gasteiger partial charge in [0.25, 0.3) is 0 Å². The van der Waals surface area contributed by atoms with Gasteiger partial charge in [0.2, 0.25) is 0 Å². The zero-order chi connectivity index (χ0) is 17.9. The highest BCUT2D eigenvalue weighted by Gasteiger charge is 2.09. The van der Waals surface area contributed by atoms with Crippen molar-refractivity contribution >= 4 is 6.03 Å². The molecule has 0 saturated heterocycles. The van der Waals surface area contributed by atoms with Gasteiger partial charge in [-0.15, -0.1) is 0 Å². The molecule has 0 aliphatic rings. The van der Waals surface area contributed by atoms with Crippen molar-refractivity contribution in [1.82, 2.24) is 10.6 Å². The summed E-state index contributed by atoms with van der Waals surface area (Å²) in [5, 5.41) is 5.67. The molecule has 5 heteroatoms. The Balaban J connectivity index is 3.36. The summed E-state index contributed by atoms with van der Waals surface area (Å²) in [5.41, 5.74) is 0. The molecule has 0 aromatic rings. The number of urea groups is 1. The molecule has 0 saturated carbocycles. The smallest absolute Gasteiger partial charge is 0.314 e. The third-order valence-electron chi connectivity index (χ3n) is 3.95. The standard InChI is InChI=1S/C19H40N2O3/c1-4-7-8-9-10-11-12-13-14-15-16-20-19(22)21-17-18(23-5-2)24-6-3/h18H,4-17H2,1-3H3,(H2,20,21,22). The molecule has 2 amide bonds. The molecule has 144 valence electrons. The van der Waals surface area contributed by atoms with E-state index in [4.69, 9.17) is 9.47 Å². The normalized spacial score (nSPS) is 11.0. The zero-order valence-corrected chi connectivity index (χ0v) is 16.2. The predicted molar refractivity (Wildman–Crippen MR) is 100 cm³/mol. The number of amides is 2. The Morgan fingerprint density at radius 2 is 1.25 bits per heavy atom. The Hall–Kier alpha value is -0.810. The highest BCUT2D eigenvalue weighted by Crippen LogP contribution is 2.10. The molecule has 0 spiro atoms. The molecular weight excluding hydrogens is 304 g/mol. The molecule has 0 aromatic carbocycles. The summed E-state index contributed by atoms with van der Waals surface area (Å²) in [4.78, 5) is 11.7. The van der Waals surface area contributed by atoms with Crippen molar-refractivity contribution in [2.24, 2.45) is 0 Å². The third-order valence-corrected chi connectivity index (χ3v) is 3.95. The number of ether oxygens (including phenoxy) is 2. The number of hydrogen-bond acceptors (Lipinski definition) is 3. The van der Waals surface area contributed by atoms with Gasteiger partial charge in [-0.3, -0.25) is 0 Å². The van der Waals surface area contributed by atoms with E-state index in [1.165, 1.54) is 57.8 Å². The summed E-state index contributed by atoms with van der Waals surface area (Å²) in [7, 11) is 0. The van der Waals surface area contributed by atoms with Crippen molar-refractivity contribution in [3.63, 3.8) is 0 Å². The number of hydrogen-bond donors (Lipinski definition) is 2. The first kappa shape index (κ1) is 23.2. The molecule has 0 aliphatic heterocycles. The quantitative estimate of drug-likeness (QED) is 0.299. The van der Waals surface area contributed by atoms with Crippen LogP contribution in [0.4, 0.5) is 4.79 Å². The lowest BCUT2D eigenvalue weighted by molar-refractivity contribution is -0.131. The average Bonchev–Trinajstić information content (AvgIpc) is 2.58. The molecule has 0 aliphatic carbocycles. The van der Waals surface area contributed by atoms with Gasteiger partial charge in [0.15, 0.2) is 6.29 Å². The second-order valence-corrected chi connectivity index (χ2v) is 6.16. The van der Waals surface area contributed by atoms with Crippen LogP contribution in [-0.4, -0.2) is 38.6 Å². The zero-order valence-electron chi connectivity index (χ0n) is 16.2. The summed E-state index contributed by atoms with van der Waals surface area (Å²) < 4.78 is 10.8. The molecule has 0 aromatic heterocycles. The maximum atomic E-state index is 11.7. The van der Waals surface area contributed by atoms with Crippen LogP contribution in [0.2, 0.25) is 0 Å². The fourth-order valence-electron chi connectivity index (χ4n) is 2.59. The van der Waals surface area contributed by atoms with Crippen LogP contribution < -0.4 is 10.6 Å². The van der Waals surface area contributed by atoms with E-state index < -0.39 is 0 Å². The van der Waals surface area contributed by atoms with E-state index in [1.54, 1.807) is 0 Å². The number of carbonyl (C=O) groups is 1. The van der Waals surface area contributed by atoms with E-state index in [0.717, 1.165) is 13.0 Å². The van der Waals surface area contributed by atoms with Crippen molar-refractivity contribution in [2.45, 2.75) is 91.3 Å². The number of carbonyl (C=O) groups excluding carboxylic acids is 1. The van der Waals surface area contributed by atoms with Gasteiger partial charge >= 0.3 is 6.03 Å². The van der Waals surface area contributed by atoms with Crippen molar-refractivity contribution in [3.05, 3.63) is 0 Å². The Morgan fingerprint density at radius 3 is 1.75 bits per heavy atom. The van der Waals surface area contributed by atoms with E-state index in [9.17, 15) is 4.79 Å². The molecule has 2 N–H and O–H groups in total. The van der Waals surface area contributed by atoms with Crippen LogP contribution in [0.5, 0.6) is 0 Å². The van der Waals surface area contributed by atoms with Crippen molar-refractivity contribution in [3.8, 4) is 0 Å². The molecule has 0 atom stereocenters. The monoisotopic (exact) mass is 344 g/mol. The maximum absolute atomic E-state index is 11.7. The largest absolute Gasteiger partial charge is 0.351 e. The van der Waals surface area contributed by atoms with Crippen LogP contribution in [0.3, 0.4) is 0 Å². The molecule has 24 heavy (non-hydrogen) atoms. The molecule has 5 nitrogen and oxygen atoms in total. The second kappa shape index (κ2) is 18.5. The highest BCUT2D eigenvalue weighted by molar-refractivity contribution is 5.73. The molecule has 0 fully saturated rings. The van der Waals surface area contributed by atoms with Gasteiger partial charge < -0.3 is 20.1 Å². The fourth-order valence-corrected chi connectivity index (χ4v) is 2.59. The number of rotatable bonds is 17. The second-order valence-electron chi connectivity index (χ2n) is 6.16. The lowest BCUT2D eigenvalue weighted by atomic mass is 10.1. The topological polar surface area (TPSA) is 59.6 Å². The molecule has 0 heterocycles. The molecular formula is C19H40N2O3. The van der Waals surface area contributed by atoms with E-state index in [2.05, 4.69) is 17.6 Å². The summed E-state index contributed by atoms with van der Waals surface area (Å²) in [6.07, 6.45) is 12.7. The molecule has 0 unspecified atom stereocenters. The Morgan fingerprint density at radius 1 is 0.750 bits per heavy atom. The van der Waals surface area contributed by atoms with Gasteiger partial charge in [-0.1, -0.05) is 64.7 Å². The number of nitrogens with one attached hydrogen (secondary N) is 2. The predicted octanol–water partition coefficient (Wildman–Crippen LogP) is 4.61. The van der Waals surface area contributed by atoms with Gasteiger partial charge in [-0.2, -0.15) is 0 Å². The van der Waals surface area contributed by atoms with Crippen LogP contribution in [0.15, 0.2) is 0 Å². The summed E-state index contributed by atoms with van der Waals surface area (Å²) in [6.45, 7) is 8.35. The van der Waals surface area contributed by atoms with Crippen LogP contribution in [0, 0.1) is 0 Å². The van der Waals surface area contributed by atoms with Crippen molar-refractivity contribution in [2.75, 3.05) is 26.3 Å². The highest BCUT2D eigenvalue weighted by atomic mass is 16.7. The van der Waals surface area contributed by atoms with Crippen molar-refractivity contribution in [1.29, 1.82) is 0 Å². The van der Waals surface area contributed by atoms with E-state index in [0.29, 0.717) is 19.8 Å². The van der Waals surface area contributed by atoms with Crippen LogP contribution in [-0.2, 0) is 9.47 Å². The van der Waals surface area contributed by atoms with E-state index in [1.807, 2.05) is 13.8 Å². The fraction of sp³-hybridized carbons (Fsp3) is 0.947. The molecule has 0 rings (SSSR count). The molecule has 0 radical (unpaired) electrons. The summed E-state index contributed by atoms with van der Waals surface area (Å²) in [6, 6.07) is -0.143. The SMILES string of the molecule is CCCCCCCCCCCCNC(=O)NCC(OCC)OCC. The van der Waals surface area contributed by atoms with Gasteiger partial charge in [-0.05, 0) is 20.3 Å². The van der Waals surface area contributed by atoms with Crippen molar-refractivity contribution < 1.29 is 14.3 Å². The minimum absolute atomic E-state index is 0.143. The maximum Gasteiger partial charge on any atom is 0.314 e. The van der Waals surface area contributed by atoms with Crippen LogP contribution in [0.25, 0.3) is 0 Å². The Kier molecular flexibility index (Phi) is 17.9. The van der Waals surface area contributed by atoms with Crippen LogP contribution in [0.1, 0.15) is 85.0 Å². The third kappa shape index (κ3) is 16.1. The first-order valence-corrected chi connectivity index (χ1v) is 9.99. The molecule has 0 bridgehead atoms. The first-order chi connectivity index (χ1) is 11.7. The van der Waals surface area contributed by atoms with Crippen LogP contribution >= 0.6 is 0 Å². The Labute approximate surface area is 149 Å². The summed E-state index contributed by atoms with van der Waals surface area (Å²) >= 11 is 0. The lowest BCUT2D eigenvalue weighted by Gasteiger charge is -2.17. The van der Waals surface area contributed by atoms with Gasteiger partial charge in [0.05, 0.1) is 6.54 Å². The average molecular weight is 345 g/mol. The van der Waals surface area contributed by atoms with Gasteiger partial charge in [-0.25, -0.2) is 4.79 Å². The Bertz CT molecular complexity index is 269. The van der Waals surface area contributed by atoms with E-state index >= 15 is 0 Å². The van der Waals surface area contributed by atoms with E-state index in [-0.39, 0.29) is 12.3 Å². The van der Waals surface area contributed by atoms with Gasteiger partial charge in [0, 0.05) is 19.8 Å².